The number of alkyl halides is 3. The Hall–Kier alpha value is -1.86. The third kappa shape index (κ3) is 5.69. The van der Waals surface area contributed by atoms with Crippen molar-refractivity contribution in [2.24, 2.45) is 0 Å². The van der Waals surface area contributed by atoms with Crippen molar-refractivity contribution in [2.45, 2.75) is 10.4 Å². The number of hydrogen-bond acceptors (Lipinski definition) is 6. The van der Waals surface area contributed by atoms with Crippen molar-refractivity contribution in [3.63, 3.8) is 0 Å². The van der Waals surface area contributed by atoms with Crippen LogP contribution in [-0.2, 0) is 25.7 Å². The molecular formula is C18H19ClF3N3O4S2. The van der Waals surface area contributed by atoms with Crippen LogP contribution >= 0.6 is 22.9 Å². The summed E-state index contributed by atoms with van der Waals surface area (Å²) in [6.45, 7) is 1.07. The number of carbonyl (C=O) groups is 1. The highest BCUT2D eigenvalue weighted by molar-refractivity contribution is 7.91. The molecule has 1 saturated heterocycles. The number of nitrogens with one attached hydrogen (secondary N) is 1. The van der Waals surface area contributed by atoms with Gasteiger partial charge in [0.2, 0.25) is 5.91 Å². The zero-order valence-electron chi connectivity index (χ0n) is 16.3. The topological polar surface area (TPSA) is 79.0 Å². The molecule has 31 heavy (non-hydrogen) atoms. The van der Waals surface area contributed by atoms with Crippen molar-refractivity contribution in [3.8, 4) is 0 Å². The van der Waals surface area contributed by atoms with Crippen molar-refractivity contribution < 1.29 is 31.1 Å². The summed E-state index contributed by atoms with van der Waals surface area (Å²) in [5, 5.41) is 2.18. The number of morpholine rings is 1. The molecule has 1 aromatic heterocycles. The number of ether oxygens (including phenoxy) is 1. The van der Waals surface area contributed by atoms with Crippen molar-refractivity contribution in [1.82, 2.24) is 4.31 Å². The first-order chi connectivity index (χ1) is 14.5. The number of thiophene rings is 1. The minimum absolute atomic E-state index is 0.0707. The minimum atomic E-state index is -4.71. The summed E-state index contributed by atoms with van der Waals surface area (Å²) in [5.41, 5.74) is -1.09. The second-order valence-corrected chi connectivity index (χ2v) is 10.7. The Balaban J connectivity index is 1.77. The first-order valence-corrected chi connectivity index (χ1v) is 11.7. The lowest BCUT2D eigenvalue weighted by molar-refractivity contribution is -0.136. The molecular weight excluding hydrogens is 479 g/mol. The third-order valence-electron chi connectivity index (χ3n) is 4.54. The maximum absolute atomic E-state index is 13.6. The van der Waals surface area contributed by atoms with Gasteiger partial charge < -0.3 is 15.0 Å². The molecule has 7 nitrogen and oxygen atoms in total. The summed E-state index contributed by atoms with van der Waals surface area (Å²) in [6.07, 6.45) is -4.71. The SMILES string of the molecule is CN(CC(=O)Nc1ccc(N2CCOCC2)cc1C(F)(F)F)S(=O)(=O)c1ccc(Cl)s1. The van der Waals surface area contributed by atoms with Crippen LogP contribution in [0.25, 0.3) is 0 Å². The highest BCUT2D eigenvalue weighted by atomic mass is 35.5. The molecule has 0 bridgehead atoms. The van der Waals surface area contributed by atoms with Gasteiger partial charge in [-0.05, 0) is 30.3 Å². The molecule has 3 rings (SSSR count). The molecule has 0 atom stereocenters. The van der Waals surface area contributed by atoms with Crippen LogP contribution in [0.1, 0.15) is 5.56 Å². The fourth-order valence-electron chi connectivity index (χ4n) is 2.96. The van der Waals surface area contributed by atoms with Crippen molar-refractivity contribution in [3.05, 3.63) is 40.2 Å². The molecule has 0 aliphatic carbocycles. The summed E-state index contributed by atoms with van der Waals surface area (Å²) in [4.78, 5) is 14.1. The van der Waals surface area contributed by atoms with Gasteiger partial charge in [0.15, 0.2) is 0 Å². The average molecular weight is 498 g/mol. The Labute approximate surface area is 186 Å². The van der Waals surface area contributed by atoms with E-state index in [4.69, 9.17) is 16.3 Å². The van der Waals surface area contributed by atoms with E-state index < -0.39 is 39.9 Å². The van der Waals surface area contributed by atoms with Gasteiger partial charge in [0.25, 0.3) is 10.0 Å². The summed E-state index contributed by atoms with van der Waals surface area (Å²) in [7, 11) is -2.84. The van der Waals surface area contributed by atoms with Crippen LogP contribution < -0.4 is 10.2 Å². The third-order valence-corrected chi connectivity index (χ3v) is 8.04. The molecule has 0 saturated carbocycles. The van der Waals surface area contributed by atoms with Crippen molar-refractivity contribution in [1.29, 1.82) is 0 Å². The van der Waals surface area contributed by atoms with Crippen molar-refractivity contribution in [2.75, 3.05) is 50.1 Å². The number of nitrogens with zero attached hydrogens (tertiary/aromatic N) is 2. The Morgan fingerprint density at radius 1 is 1.26 bits per heavy atom. The van der Waals surface area contributed by atoms with Crippen LogP contribution in [0.4, 0.5) is 24.5 Å². The number of rotatable bonds is 6. The molecule has 0 radical (unpaired) electrons. The summed E-state index contributed by atoms with van der Waals surface area (Å²) in [5.74, 6) is -0.904. The summed E-state index contributed by atoms with van der Waals surface area (Å²) in [6, 6.07) is 6.31. The molecule has 0 unspecified atom stereocenters. The highest BCUT2D eigenvalue weighted by Crippen LogP contribution is 2.37. The van der Waals surface area contributed by atoms with Crippen LogP contribution in [0.3, 0.4) is 0 Å². The molecule has 13 heteroatoms. The normalized spacial score (nSPS) is 15.4. The van der Waals surface area contributed by atoms with E-state index in [9.17, 15) is 26.4 Å². The standard InChI is InChI=1S/C18H19ClF3N3O4S2/c1-24(31(27,28)17-5-4-15(19)30-17)11-16(26)23-14-3-2-12(10-13(14)18(20,21)22)25-6-8-29-9-7-25/h2-5,10H,6-9,11H2,1H3,(H,23,26). The van der Waals surface area contributed by atoms with E-state index >= 15 is 0 Å². The number of benzene rings is 1. The number of likely N-dealkylation sites (N-methyl/N-ethyl adjacent to an activating group) is 1. The van der Waals surface area contributed by atoms with E-state index in [0.717, 1.165) is 28.8 Å². The number of hydrogen-bond donors (Lipinski definition) is 1. The Bertz CT molecular complexity index is 1050. The molecule has 1 N–H and O–H groups in total. The predicted octanol–water partition coefficient (Wildman–Crippen LogP) is 3.52. The van der Waals surface area contributed by atoms with E-state index in [0.29, 0.717) is 32.0 Å². The van der Waals surface area contributed by atoms with Gasteiger partial charge in [-0.15, -0.1) is 11.3 Å². The lowest BCUT2D eigenvalue weighted by Crippen LogP contribution is -2.36. The zero-order valence-corrected chi connectivity index (χ0v) is 18.7. The average Bonchev–Trinajstić information content (AvgIpc) is 3.15. The largest absolute Gasteiger partial charge is 0.418 e. The summed E-state index contributed by atoms with van der Waals surface area (Å²) < 4.78 is 71.9. The van der Waals surface area contributed by atoms with Crippen LogP contribution in [0.5, 0.6) is 0 Å². The second kappa shape index (κ2) is 9.33. The maximum Gasteiger partial charge on any atom is 0.418 e. The second-order valence-electron chi connectivity index (χ2n) is 6.69. The number of carbonyl (C=O) groups excluding carboxylic acids is 1. The molecule has 1 amide bonds. The number of halogens is 4. The molecule has 2 aromatic rings. The molecule has 1 aliphatic rings. The molecule has 170 valence electrons. The van der Waals surface area contributed by atoms with Crippen LogP contribution in [-0.4, -0.2) is 58.5 Å². The Kier molecular flexibility index (Phi) is 7.16. The van der Waals surface area contributed by atoms with Gasteiger partial charge in [-0.2, -0.15) is 17.5 Å². The number of sulfonamides is 1. The lowest BCUT2D eigenvalue weighted by atomic mass is 10.1. The van der Waals surface area contributed by atoms with Crippen LogP contribution in [0, 0.1) is 0 Å². The van der Waals surface area contributed by atoms with E-state index in [1.54, 1.807) is 4.90 Å². The van der Waals surface area contributed by atoms with E-state index in [1.807, 2.05) is 0 Å². The van der Waals surface area contributed by atoms with Crippen molar-refractivity contribution >= 4 is 50.2 Å². The van der Waals surface area contributed by atoms with Crippen LogP contribution in [0.15, 0.2) is 34.5 Å². The van der Waals surface area contributed by atoms with Gasteiger partial charge >= 0.3 is 6.18 Å². The van der Waals surface area contributed by atoms with Gasteiger partial charge in [-0.3, -0.25) is 4.79 Å². The van der Waals surface area contributed by atoms with Gasteiger partial charge in [0, 0.05) is 25.8 Å². The maximum atomic E-state index is 13.6. The quantitative estimate of drug-likeness (QED) is 0.660. The highest BCUT2D eigenvalue weighted by Gasteiger charge is 2.35. The fraction of sp³-hybridized carbons (Fsp3) is 0.389. The fourth-order valence-corrected chi connectivity index (χ4v) is 5.78. The molecule has 1 aliphatic heterocycles. The zero-order chi connectivity index (χ0) is 22.8. The Morgan fingerprint density at radius 2 is 1.94 bits per heavy atom. The van der Waals surface area contributed by atoms with Gasteiger partial charge in [0.1, 0.15) is 4.21 Å². The predicted molar refractivity (Wildman–Crippen MR) is 112 cm³/mol. The molecule has 1 aromatic carbocycles. The molecule has 0 spiro atoms. The summed E-state index contributed by atoms with van der Waals surface area (Å²) >= 11 is 6.57. The smallest absolute Gasteiger partial charge is 0.378 e. The number of anilines is 2. The first kappa shape index (κ1) is 23.8. The van der Waals surface area contributed by atoms with Gasteiger partial charge in [-0.1, -0.05) is 11.6 Å². The minimum Gasteiger partial charge on any atom is -0.378 e. The monoisotopic (exact) mass is 497 g/mol. The van der Waals surface area contributed by atoms with E-state index in [2.05, 4.69) is 5.32 Å². The first-order valence-electron chi connectivity index (χ1n) is 9.04. The van der Waals surface area contributed by atoms with Gasteiger partial charge in [-0.25, -0.2) is 8.42 Å². The number of amides is 1. The molecule has 1 fully saturated rings. The lowest BCUT2D eigenvalue weighted by Gasteiger charge is -2.29. The van der Waals surface area contributed by atoms with Gasteiger partial charge in [0.05, 0.1) is 35.3 Å². The van der Waals surface area contributed by atoms with Crippen LogP contribution in [0.2, 0.25) is 4.34 Å². The molecule has 2 heterocycles. The van der Waals surface area contributed by atoms with E-state index in [-0.39, 0.29) is 8.55 Å². The Morgan fingerprint density at radius 3 is 2.52 bits per heavy atom. The van der Waals surface area contributed by atoms with E-state index in [1.165, 1.54) is 24.3 Å².